The van der Waals surface area contributed by atoms with Crippen molar-refractivity contribution in [2.45, 2.75) is 26.4 Å². The molecule has 0 saturated carbocycles. The molecule has 1 aromatic rings. The molecule has 24 heavy (non-hydrogen) atoms. The van der Waals surface area contributed by atoms with Crippen LogP contribution in [0, 0.1) is 0 Å². The zero-order valence-corrected chi connectivity index (χ0v) is 15.9. The average Bonchev–Trinajstić information content (AvgIpc) is 2.92. The first-order valence-corrected chi connectivity index (χ1v) is 9.59. The SMILES string of the molecule is CC(C)NC(=O)CNC(=O)C[NH+]1CC[NH+](Cc2ccc(Cl)s2)CC1. The number of amides is 2. The summed E-state index contributed by atoms with van der Waals surface area (Å²) in [4.78, 5) is 27.6. The van der Waals surface area contributed by atoms with Crippen molar-refractivity contribution in [1.82, 2.24) is 10.6 Å². The molecule has 0 radical (unpaired) electrons. The van der Waals surface area contributed by atoms with E-state index in [0.29, 0.717) is 6.54 Å². The molecule has 1 saturated heterocycles. The van der Waals surface area contributed by atoms with Gasteiger partial charge in [0.1, 0.15) is 32.7 Å². The van der Waals surface area contributed by atoms with E-state index in [-0.39, 0.29) is 24.4 Å². The molecule has 0 aromatic carbocycles. The van der Waals surface area contributed by atoms with E-state index >= 15 is 0 Å². The molecule has 2 amide bonds. The molecule has 1 aliphatic rings. The van der Waals surface area contributed by atoms with Crippen molar-refractivity contribution in [2.75, 3.05) is 39.3 Å². The lowest BCUT2D eigenvalue weighted by atomic mass is 10.3. The lowest BCUT2D eigenvalue weighted by molar-refractivity contribution is -1.01. The van der Waals surface area contributed by atoms with Crippen LogP contribution in [0.3, 0.4) is 0 Å². The number of nitrogens with one attached hydrogen (secondary N) is 4. The molecule has 4 N–H and O–H groups in total. The standard InChI is InChI=1S/C16H25ClN4O2S/c1-12(2)19-15(22)9-18-16(23)11-21-7-5-20(6-8-21)10-13-3-4-14(17)24-13/h3-4,12H,5-11H2,1-2H3,(H,18,23)(H,19,22)/p+2. The highest BCUT2D eigenvalue weighted by Crippen LogP contribution is 2.20. The Balaban J connectivity index is 1.63. The second-order valence-corrected chi connectivity index (χ2v) is 8.36. The first-order valence-electron chi connectivity index (χ1n) is 8.40. The van der Waals surface area contributed by atoms with Gasteiger partial charge in [0, 0.05) is 6.04 Å². The van der Waals surface area contributed by atoms with Crippen molar-refractivity contribution >= 4 is 34.8 Å². The highest BCUT2D eigenvalue weighted by Gasteiger charge is 2.25. The van der Waals surface area contributed by atoms with Gasteiger partial charge in [0.2, 0.25) is 5.91 Å². The van der Waals surface area contributed by atoms with Crippen molar-refractivity contribution in [2.24, 2.45) is 0 Å². The van der Waals surface area contributed by atoms with Crippen LogP contribution in [0.1, 0.15) is 18.7 Å². The highest BCUT2D eigenvalue weighted by molar-refractivity contribution is 7.16. The Kier molecular flexibility index (Phi) is 7.48. The smallest absolute Gasteiger partial charge is 0.275 e. The molecular formula is C16H27ClN4O2S+2. The van der Waals surface area contributed by atoms with Gasteiger partial charge in [-0.15, -0.1) is 11.3 Å². The van der Waals surface area contributed by atoms with Gasteiger partial charge in [-0.05, 0) is 26.0 Å². The summed E-state index contributed by atoms with van der Waals surface area (Å²) in [6.07, 6.45) is 0. The van der Waals surface area contributed by atoms with Gasteiger partial charge in [-0.2, -0.15) is 0 Å². The third kappa shape index (κ3) is 6.76. The number of rotatable bonds is 7. The summed E-state index contributed by atoms with van der Waals surface area (Å²) in [5.74, 6) is -0.199. The van der Waals surface area contributed by atoms with Gasteiger partial charge in [0.25, 0.3) is 5.91 Å². The van der Waals surface area contributed by atoms with Gasteiger partial charge in [0.15, 0.2) is 6.54 Å². The van der Waals surface area contributed by atoms with E-state index in [9.17, 15) is 9.59 Å². The number of thiophene rings is 1. The van der Waals surface area contributed by atoms with Gasteiger partial charge in [-0.1, -0.05) is 11.6 Å². The average molecular weight is 375 g/mol. The van der Waals surface area contributed by atoms with Crippen LogP contribution in [0.2, 0.25) is 4.34 Å². The fourth-order valence-corrected chi connectivity index (χ4v) is 4.00. The Labute approximate surface area is 152 Å². The fourth-order valence-electron chi connectivity index (χ4n) is 2.85. The number of hydrogen-bond acceptors (Lipinski definition) is 3. The molecule has 0 spiro atoms. The monoisotopic (exact) mass is 374 g/mol. The van der Waals surface area contributed by atoms with Crippen LogP contribution in [0.15, 0.2) is 12.1 Å². The molecule has 2 rings (SSSR count). The minimum atomic E-state index is -0.141. The number of carbonyl (C=O) groups is 2. The summed E-state index contributed by atoms with van der Waals surface area (Å²) in [5, 5.41) is 5.46. The molecule has 1 aromatic heterocycles. The minimum absolute atomic E-state index is 0.0564. The van der Waals surface area contributed by atoms with Gasteiger partial charge in [-0.3, -0.25) is 9.59 Å². The van der Waals surface area contributed by atoms with Crippen LogP contribution in [-0.2, 0) is 16.1 Å². The number of piperazine rings is 1. The van der Waals surface area contributed by atoms with E-state index < -0.39 is 0 Å². The summed E-state index contributed by atoms with van der Waals surface area (Å²) in [6.45, 7) is 9.34. The minimum Gasteiger partial charge on any atom is -0.352 e. The van der Waals surface area contributed by atoms with Crippen LogP contribution in [0.25, 0.3) is 0 Å². The largest absolute Gasteiger partial charge is 0.352 e. The van der Waals surface area contributed by atoms with E-state index in [1.807, 2.05) is 19.9 Å². The Morgan fingerprint density at radius 2 is 1.83 bits per heavy atom. The van der Waals surface area contributed by atoms with Crippen molar-refractivity contribution in [3.63, 3.8) is 0 Å². The molecule has 2 heterocycles. The number of carbonyl (C=O) groups excluding carboxylic acids is 2. The van der Waals surface area contributed by atoms with E-state index in [1.165, 1.54) is 14.7 Å². The third-order valence-corrected chi connectivity index (χ3v) is 5.25. The fraction of sp³-hybridized carbons (Fsp3) is 0.625. The Morgan fingerprint density at radius 1 is 1.17 bits per heavy atom. The number of halogens is 1. The summed E-state index contributed by atoms with van der Waals surface area (Å²) >= 11 is 7.61. The Morgan fingerprint density at radius 3 is 2.42 bits per heavy atom. The van der Waals surface area contributed by atoms with E-state index in [4.69, 9.17) is 11.6 Å². The van der Waals surface area contributed by atoms with Gasteiger partial charge in [-0.25, -0.2) is 0 Å². The zero-order chi connectivity index (χ0) is 17.5. The second-order valence-electron chi connectivity index (χ2n) is 6.56. The maximum absolute atomic E-state index is 11.9. The molecule has 8 heteroatoms. The molecule has 1 aliphatic heterocycles. The Bertz CT molecular complexity index is 556. The predicted octanol–water partition coefficient (Wildman–Crippen LogP) is -1.67. The van der Waals surface area contributed by atoms with Crippen LogP contribution < -0.4 is 20.4 Å². The first kappa shape index (κ1) is 19.2. The molecule has 0 unspecified atom stereocenters. The topological polar surface area (TPSA) is 67.1 Å². The summed E-state index contributed by atoms with van der Waals surface area (Å²) in [5.41, 5.74) is 0. The van der Waals surface area contributed by atoms with Crippen LogP contribution in [0.4, 0.5) is 0 Å². The van der Waals surface area contributed by atoms with Gasteiger partial charge in [0.05, 0.1) is 15.8 Å². The lowest BCUT2D eigenvalue weighted by Crippen LogP contribution is -3.28. The van der Waals surface area contributed by atoms with E-state index in [0.717, 1.165) is 37.1 Å². The normalized spacial score (nSPS) is 20.8. The maximum atomic E-state index is 11.9. The van der Waals surface area contributed by atoms with Crippen molar-refractivity contribution in [1.29, 1.82) is 0 Å². The molecule has 0 bridgehead atoms. The number of quaternary nitrogens is 2. The quantitative estimate of drug-likeness (QED) is 0.461. The number of hydrogen-bond donors (Lipinski definition) is 4. The Hall–Kier alpha value is -1.15. The van der Waals surface area contributed by atoms with E-state index in [2.05, 4.69) is 16.7 Å². The third-order valence-electron chi connectivity index (χ3n) is 4.02. The molecule has 1 fully saturated rings. The first-order chi connectivity index (χ1) is 11.4. The van der Waals surface area contributed by atoms with Crippen LogP contribution >= 0.6 is 22.9 Å². The molecule has 0 atom stereocenters. The summed E-state index contributed by atoms with van der Waals surface area (Å²) in [6, 6.07) is 4.13. The van der Waals surface area contributed by atoms with Gasteiger partial charge >= 0.3 is 0 Å². The maximum Gasteiger partial charge on any atom is 0.275 e. The summed E-state index contributed by atoms with van der Waals surface area (Å²) < 4.78 is 0.840. The molecule has 0 aliphatic carbocycles. The predicted molar refractivity (Wildman–Crippen MR) is 95.6 cm³/mol. The van der Waals surface area contributed by atoms with Crippen molar-refractivity contribution in [3.05, 3.63) is 21.3 Å². The van der Waals surface area contributed by atoms with E-state index in [1.54, 1.807) is 11.3 Å². The highest BCUT2D eigenvalue weighted by atomic mass is 35.5. The van der Waals surface area contributed by atoms with Gasteiger partial charge < -0.3 is 20.4 Å². The molecule has 6 nitrogen and oxygen atoms in total. The molecular weight excluding hydrogens is 348 g/mol. The zero-order valence-electron chi connectivity index (χ0n) is 14.3. The molecule has 134 valence electrons. The van der Waals surface area contributed by atoms with Crippen LogP contribution in [-0.4, -0.2) is 57.1 Å². The van der Waals surface area contributed by atoms with Crippen molar-refractivity contribution < 1.29 is 19.4 Å². The second kappa shape index (κ2) is 9.36. The summed E-state index contributed by atoms with van der Waals surface area (Å²) in [7, 11) is 0. The van der Waals surface area contributed by atoms with Crippen molar-refractivity contribution in [3.8, 4) is 0 Å². The lowest BCUT2D eigenvalue weighted by Gasteiger charge is -2.29. The van der Waals surface area contributed by atoms with Crippen LogP contribution in [0.5, 0.6) is 0 Å².